The summed E-state index contributed by atoms with van der Waals surface area (Å²) in [6.45, 7) is 4.54. The Morgan fingerprint density at radius 3 is 2.23 bits per heavy atom. The first-order valence-electron chi connectivity index (χ1n) is 11.6. The minimum Gasteiger partial charge on any atom is -0.339 e. The molecule has 0 radical (unpaired) electrons. The van der Waals surface area contributed by atoms with Crippen LogP contribution in [0.15, 0.2) is 77.7 Å². The molecule has 8 heteroatoms. The Balaban J connectivity index is 1.43. The standard InChI is InChI=1S/C27H29N3O4S/c1-19-7-6-10-23(17-19)29-35(33,34)24-12-11-20(2)25(18-24)27(32)30-15-13-21(14-16-30)26(31)28-22-8-4-3-5-9-22/h3-12,17-18,21,29H,13-16H2,1-2H3,(H,28,31). The van der Waals surface area contributed by atoms with Gasteiger partial charge in [0, 0.05) is 35.9 Å². The Kier molecular flexibility index (Phi) is 7.21. The maximum absolute atomic E-state index is 13.3. The molecule has 3 aromatic rings. The van der Waals surface area contributed by atoms with Crippen molar-refractivity contribution in [1.29, 1.82) is 0 Å². The smallest absolute Gasteiger partial charge is 0.261 e. The van der Waals surface area contributed by atoms with Gasteiger partial charge in [0.1, 0.15) is 0 Å². The molecule has 0 atom stereocenters. The summed E-state index contributed by atoms with van der Waals surface area (Å²) in [7, 11) is -3.86. The van der Waals surface area contributed by atoms with Crippen molar-refractivity contribution in [2.45, 2.75) is 31.6 Å². The average molecular weight is 492 g/mol. The summed E-state index contributed by atoms with van der Waals surface area (Å²) < 4.78 is 28.5. The molecule has 35 heavy (non-hydrogen) atoms. The van der Waals surface area contributed by atoms with Crippen LogP contribution < -0.4 is 10.0 Å². The van der Waals surface area contributed by atoms with E-state index in [1.54, 1.807) is 36.1 Å². The minimum absolute atomic E-state index is 0.0325. The molecule has 2 amide bonds. The van der Waals surface area contributed by atoms with E-state index in [4.69, 9.17) is 0 Å². The van der Waals surface area contributed by atoms with E-state index in [-0.39, 0.29) is 22.6 Å². The maximum atomic E-state index is 13.3. The second-order valence-electron chi connectivity index (χ2n) is 8.87. The summed E-state index contributed by atoms with van der Waals surface area (Å²) >= 11 is 0. The number of piperidine rings is 1. The summed E-state index contributed by atoms with van der Waals surface area (Å²) in [4.78, 5) is 27.6. The summed E-state index contributed by atoms with van der Waals surface area (Å²) in [5.74, 6) is -0.447. The number of carbonyl (C=O) groups is 2. The SMILES string of the molecule is Cc1cccc(NS(=O)(=O)c2ccc(C)c(C(=O)N3CCC(C(=O)Nc4ccccc4)CC3)c2)c1. The number of anilines is 2. The molecule has 2 N–H and O–H groups in total. The fraction of sp³-hybridized carbons (Fsp3) is 0.259. The first-order chi connectivity index (χ1) is 16.7. The number of para-hydroxylation sites is 1. The number of likely N-dealkylation sites (tertiary alicyclic amines) is 1. The third kappa shape index (κ3) is 5.89. The molecule has 7 nitrogen and oxygen atoms in total. The van der Waals surface area contributed by atoms with Crippen molar-refractivity contribution < 1.29 is 18.0 Å². The van der Waals surface area contributed by atoms with E-state index in [0.717, 1.165) is 11.3 Å². The van der Waals surface area contributed by atoms with Crippen molar-refractivity contribution in [3.63, 3.8) is 0 Å². The second kappa shape index (κ2) is 10.3. The zero-order chi connectivity index (χ0) is 25.0. The van der Waals surface area contributed by atoms with Crippen molar-refractivity contribution in [1.82, 2.24) is 4.90 Å². The molecule has 0 aromatic heterocycles. The van der Waals surface area contributed by atoms with Gasteiger partial charge in [-0.3, -0.25) is 14.3 Å². The fourth-order valence-electron chi connectivity index (χ4n) is 4.20. The van der Waals surface area contributed by atoms with Gasteiger partial charge in [-0.25, -0.2) is 8.42 Å². The van der Waals surface area contributed by atoms with Crippen LogP contribution in [0.4, 0.5) is 11.4 Å². The predicted octanol–water partition coefficient (Wildman–Crippen LogP) is 4.60. The molecule has 1 fully saturated rings. The maximum Gasteiger partial charge on any atom is 0.261 e. The average Bonchev–Trinajstić information content (AvgIpc) is 2.84. The fourth-order valence-corrected chi connectivity index (χ4v) is 5.28. The van der Waals surface area contributed by atoms with E-state index in [0.29, 0.717) is 42.7 Å². The topological polar surface area (TPSA) is 95.6 Å². The lowest BCUT2D eigenvalue weighted by atomic mass is 9.95. The molecular weight excluding hydrogens is 462 g/mol. The largest absolute Gasteiger partial charge is 0.339 e. The van der Waals surface area contributed by atoms with E-state index in [9.17, 15) is 18.0 Å². The molecular formula is C27H29N3O4S. The van der Waals surface area contributed by atoms with Gasteiger partial charge >= 0.3 is 0 Å². The number of hydrogen-bond donors (Lipinski definition) is 2. The minimum atomic E-state index is -3.86. The number of sulfonamides is 1. The first kappa shape index (κ1) is 24.5. The van der Waals surface area contributed by atoms with Crippen LogP contribution in [0, 0.1) is 19.8 Å². The van der Waals surface area contributed by atoms with Gasteiger partial charge in [-0.15, -0.1) is 0 Å². The molecule has 0 bridgehead atoms. The highest BCUT2D eigenvalue weighted by Gasteiger charge is 2.29. The second-order valence-corrected chi connectivity index (χ2v) is 10.6. The summed E-state index contributed by atoms with van der Waals surface area (Å²) in [5.41, 5.74) is 3.21. The van der Waals surface area contributed by atoms with Gasteiger partial charge in [-0.05, 0) is 74.2 Å². The number of carbonyl (C=O) groups excluding carboxylic acids is 2. The monoisotopic (exact) mass is 491 g/mol. The van der Waals surface area contributed by atoms with Crippen LogP contribution in [0.3, 0.4) is 0 Å². The van der Waals surface area contributed by atoms with Gasteiger partial charge in [0.2, 0.25) is 5.91 Å². The number of amides is 2. The Morgan fingerprint density at radius 1 is 0.857 bits per heavy atom. The lowest BCUT2D eigenvalue weighted by Gasteiger charge is -2.31. The Hall–Kier alpha value is -3.65. The summed E-state index contributed by atoms with van der Waals surface area (Å²) in [6.07, 6.45) is 1.10. The third-order valence-corrected chi connectivity index (χ3v) is 7.59. The lowest BCUT2D eigenvalue weighted by Crippen LogP contribution is -2.41. The third-order valence-electron chi connectivity index (χ3n) is 6.21. The molecule has 0 spiro atoms. The van der Waals surface area contributed by atoms with E-state index >= 15 is 0 Å². The number of rotatable bonds is 6. The molecule has 0 aliphatic carbocycles. The number of hydrogen-bond acceptors (Lipinski definition) is 4. The van der Waals surface area contributed by atoms with Crippen molar-refractivity contribution in [2.75, 3.05) is 23.1 Å². The highest BCUT2D eigenvalue weighted by Crippen LogP contribution is 2.24. The molecule has 0 saturated carbocycles. The Morgan fingerprint density at radius 2 is 1.54 bits per heavy atom. The molecule has 1 saturated heterocycles. The molecule has 1 aliphatic heterocycles. The quantitative estimate of drug-likeness (QED) is 0.527. The van der Waals surface area contributed by atoms with Gasteiger partial charge in [0.25, 0.3) is 15.9 Å². The van der Waals surface area contributed by atoms with Crippen LogP contribution in [0.1, 0.15) is 34.3 Å². The molecule has 1 heterocycles. The van der Waals surface area contributed by atoms with Crippen LogP contribution in [0.25, 0.3) is 0 Å². The predicted molar refractivity (Wildman–Crippen MR) is 137 cm³/mol. The van der Waals surface area contributed by atoms with Crippen molar-refractivity contribution in [3.05, 3.63) is 89.5 Å². The van der Waals surface area contributed by atoms with Gasteiger partial charge in [-0.1, -0.05) is 36.4 Å². The normalized spacial score (nSPS) is 14.4. The molecule has 4 rings (SSSR count). The van der Waals surface area contributed by atoms with Gasteiger partial charge in [0.15, 0.2) is 0 Å². The number of aryl methyl sites for hydroxylation is 2. The van der Waals surface area contributed by atoms with E-state index in [1.807, 2.05) is 43.3 Å². The van der Waals surface area contributed by atoms with Crippen molar-refractivity contribution in [2.24, 2.45) is 5.92 Å². The van der Waals surface area contributed by atoms with Crippen LogP contribution in [0.5, 0.6) is 0 Å². The molecule has 1 aliphatic rings. The Labute approximate surface area is 206 Å². The van der Waals surface area contributed by atoms with E-state index < -0.39 is 10.0 Å². The molecule has 0 unspecified atom stereocenters. The number of nitrogens with one attached hydrogen (secondary N) is 2. The van der Waals surface area contributed by atoms with Crippen LogP contribution >= 0.6 is 0 Å². The van der Waals surface area contributed by atoms with Crippen molar-refractivity contribution in [3.8, 4) is 0 Å². The highest BCUT2D eigenvalue weighted by atomic mass is 32.2. The number of benzene rings is 3. The van der Waals surface area contributed by atoms with Gasteiger partial charge in [0.05, 0.1) is 4.90 Å². The lowest BCUT2D eigenvalue weighted by molar-refractivity contribution is -0.121. The van der Waals surface area contributed by atoms with Crippen molar-refractivity contribution >= 4 is 33.2 Å². The molecule has 182 valence electrons. The summed E-state index contributed by atoms with van der Waals surface area (Å²) in [6, 6.07) is 21.0. The zero-order valence-electron chi connectivity index (χ0n) is 19.8. The van der Waals surface area contributed by atoms with Crippen LogP contribution in [0.2, 0.25) is 0 Å². The zero-order valence-corrected chi connectivity index (χ0v) is 20.6. The number of nitrogens with zero attached hydrogens (tertiary/aromatic N) is 1. The highest BCUT2D eigenvalue weighted by molar-refractivity contribution is 7.92. The van der Waals surface area contributed by atoms with Gasteiger partial charge < -0.3 is 10.2 Å². The van der Waals surface area contributed by atoms with E-state index in [2.05, 4.69) is 10.0 Å². The first-order valence-corrected chi connectivity index (χ1v) is 13.1. The summed E-state index contributed by atoms with van der Waals surface area (Å²) in [5, 5.41) is 2.93. The van der Waals surface area contributed by atoms with Crippen LogP contribution in [-0.4, -0.2) is 38.2 Å². The van der Waals surface area contributed by atoms with Crippen LogP contribution in [-0.2, 0) is 14.8 Å². The van der Waals surface area contributed by atoms with E-state index in [1.165, 1.54) is 12.1 Å². The van der Waals surface area contributed by atoms with Gasteiger partial charge in [-0.2, -0.15) is 0 Å². The molecule has 3 aromatic carbocycles. The Bertz CT molecular complexity index is 1330.